The highest BCUT2D eigenvalue weighted by molar-refractivity contribution is 9.10. The van der Waals surface area contributed by atoms with Crippen LogP contribution in [0.25, 0.3) is 11.1 Å². The van der Waals surface area contributed by atoms with E-state index in [2.05, 4.69) is 37.3 Å². The topological polar surface area (TPSA) is 61.6 Å². The largest absolute Gasteiger partial charge is 0.336 e. The van der Waals surface area contributed by atoms with Crippen molar-refractivity contribution < 1.29 is 0 Å². The van der Waals surface area contributed by atoms with Gasteiger partial charge in [-0.3, -0.25) is 0 Å². The van der Waals surface area contributed by atoms with Crippen molar-refractivity contribution in [2.75, 3.05) is 5.32 Å². The van der Waals surface area contributed by atoms with Gasteiger partial charge in [-0.25, -0.2) is 9.97 Å². The molecule has 0 fully saturated rings. The first-order valence-electron chi connectivity index (χ1n) is 5.77. The van der Waals surface area contributed by atoms with Crippen LogP contribution in [0.15, 0.2) is 41.1 Å². The Morgan fingerprint density at radius 2 is 1.68 bits per heavy atom. The molecule has 0 saturated carbocycles. The molecule has 1 N–H and O–H groups in total. The van der Waals surface area contributed by atoms with Crippen LogP contribution >= 0.6 is 15.9 Å². The third-order valence-electron chi connectivity index (χ3n) is 2.53. The summed E-state index contributed by atoms with van der Waals surface area (Å²) in [5.74, 6) is 0.451. The molecule has 0 saturated heterocycles. The molecule has 1 heterocycles. The maximum atomic E-state index is 8.94. The second-order valence-corrected chi connectivity index (χ2v) is 5.58. The van der Waals surface area contributed by atoms with Crippen molar-refractivity contribution in [2.45, 2.75) is 19.4 Å². The van der Waals surface area contributed by atoms with Crippen LogP contribution in [0.2, 0.25) is 0 Å². The molecule has 0 atom stereocenters. The molecule has 1 aromatic carbocycles. The van der Waals surface area contributed by atoms with E-state index in [1.807, 2.05) is 24.3 Å². The van der Waals surface area contributed by atoms with Gasteiger partial charge < -0.3 is 5.32 Å². The van der Waals surface area contributed by atoms with Gasteiger partial charge >= 0.3 is 0 Å². The number of hydrogen-bond donors (Lipinski definition) is 1. The molecular formula is C14H13BrN4. The Kier molecular flexibility index (Phi) is 3.82. The van der Waals surface area contributed by atoms with Gasteiger partial charge in [0, 0.05) is 22.4 Å². The highest BCUT2D eigenvalue weighted by Crippen LogP contribution is 2.21. The predicted molar refractivity (Wildman–Crippen MR) is 78.5 cm³/mol. The van der Waals surface area contributed by atoms with E-state index in [0.717, 1.165) is 15.6 Å². The first-order valence-corrected chi connectivity index (χ1v) is 6.57. The van der Waals surface area contributed by atoms with Crippen molar-refractivity contribution in [3.63, 3.8) is 0 Å². The number of rotatable bonds is 3. The molecule has 2 aromatic rings. The second kappa shape index (κ2) is 5.37. The lowest BCUT2D eigenvalue weighted by atomic mass is 10.1. The van der Waals surface area contributed by atoms with Gasteiger partial charge in [0.2, 0.25) is 5.95 Å². The van der Waals surface area contributed by atoms with Crippen molar-refractivity contribution in [3.8, 4) is 17.2 Å². The van der Waals surface area contributed by atoms with E-state index in [9.17, 15) is 0 Å². The van der Waals surface area contributed by atoms with E-state index < -0.39 is 5.54 Å². The van der Waals surface area contributed by atoms with Gasteiger partial charge in [-0.05, 0) is 31.5 Å². The minimum Gasteiger partial charge on any atom is -0.336 e. The number of halogens is 1. The molecule has 5 heteroatoms. The Bertz CT molecular complexity index is 597. The van der Waals surface area contributed by atoms with Crippen LogP contribution in [-0.2, 0) is 0 Å². The zero-order valence-electron chi connectivity index (χ0n) is 10.7. The fourth-order valence-electron chi connectivity index (χ4n) is 1.49. The van der Waals surface area contributed by atoms with Crippen LogP contribution in [0, 0.1) is 11.3 Å². The molecule has 19 heavy (non-hydrogen) atoms. The van der Waals surface area contributed by atoms with Gasteiger partial charge in [0.05, 0.1) is 6.07 Å². The molecule has 0 amide bonds. The maximum Gasteiger partial charge on any atom is 0.223 e. The second-order valence-electron chi connectivity index (χ2n) is 4.66. The highest BCUT2D eigenvalue weighted by atomic mass is 79.9. The molecule has 0 aliphatic carbocycles. The van der Waals surface area contributed by atoms with Gasteiger partial charge in [0.1, 0.15) is 5.54 Å². The Labute approximate surface area is 120 Å². The maximum absolute atomic E-state index is 8.94. The van der Waals surface area contributed by atoms with E-state index in [1.165, 1.54) is 0 Å². The number of hydrogen-bond acceptors (Lipinski definition) is 4. The first-order chi connectivity index (χ1) is 9.00. The average molecular weight is 317 g/mol. The SMILES string of the molecule is CC(C)(C#N)Nc1ncc(-c2ccc(Br)cc2)cn1. The summed E-state index contributed by atoms with van der Waals surface area (Å²) >= 11 is 3.40. The van der Waals surface area contributed by atoms with Gasteiger partial charge in [0.15, 0.2) is 0 Å². The summed E-state index contributed by atoms with van der Waals surface area (Å²) in [7, 11) is 0. The van der Waals surface area contributed by atoms with Crippen LogP contribution < -0.4 is 5.32 Å². The summed E-state index contributed by atoms with van der Waals surface area (Å²) in [6.07, 6.45) is 3.48. The van der Waals surface area contributed by atoms with Crippen molar-refractivity contribution in [2.24, 2.45) is 0 Å². The zero-order valence-corrected chi connectivity index (χ0v) is 12.3. The van der Waals surface area contributed by atoms with Gasteiger partial charge in [-0.2, -0.15) is 5.26 Å². The van der Waals surface area contributed by atoms with Crippen LogP contribution in [0.3, 0.4) is 0 Å². The van der Waals surface area contributed by atoms with Crippen molar-refractivity contribution >= 4 is 21.9 Å². The molecule has 0 aliphatic rings. The van der Waals surface area contributed by atoms with Gasteiger partial charge in [-0.1, -0.05) is 28.1 Å². The van der Waals surface area contributed by atoms with E-state index in [4.69, 9.17) is 5.26 Å². The number of aromatic nitrogens is 2. The monoisotopic (exact) mass is 316 g/mol. The standard InChI is InChI=1S/C14H13BrN4/c1-14(2,9-16)19-13-17-7-11(8-18-13)10-3-5-12(15)6-4-10/h3-8H,1-2H3,(H,17,18,19). The van der Waals surface area contributed by atoms with Gasteiger partial charge in [0.25, 0.3) is 0 Å². The number of nitrogens with zero attached hydrogens (tertiary/aromatic N) is 3. The summed E-state index contributed by atoms with van der Waals surface area (Å²) in [4.78, 5) is 8.45. The first kappa shape index (κ1) is 13.5. The summed E-state index contributed by atoms with van der Waals surface area (Å²) in [5.41, 5.74) is 1.31. The van der Waals surface area contributed by atoms with Gasteiger partial charge in [-0.15, -0.1) is 0 Å². The molecule has 96 valence electrons. The number of nitrogens with one attached hydrogen (secondary N) is 1. The lowest BCUT2D eigenvalue weighted by Gasteiger charge is -2.17. The third-order valence-corrected chi connectivity index (χ3v) is 3.06. The molecule has 0 spiro atoms. The zero-order chi connectivity index (χ0) is 13.9. The molecular weight excluding hydrogens is 304 g/mol. The fourth-order valence-corrected chi connectivity index (χ4v) is 1.76. The molecule has 0 radical (unpaired) electrons. The lowest BCUT2D eigenvalue weighted by Crippen LogP contribution is -2.29. The van der Waals surface area contributed by atoms with Crippen molar-refractivity contribution in [3.05, 3.63) is 41.1 Å². The number of anilines is 1. The Balaban J connectivity index is 2.19. The summed E-state index contributed by atoms with van der Waals surface area (Å²) in [6, 6.07) is 10.1. The number of benzene rings is 1. The van der Waals surface area contributed by atoms with Crippen molar-refractivity contribution in [1.29, 1.82) is 5.26 Å². The van der Waals surface area contributed by atoms with Crippen LogP contribution in [0.5, 0.6) is 0 Å². The van der Waals surface area contributed by atoms with Crippen LogP contribution in [0.4, 0.5) is 5.95 Å². The van der Waals surface area contributed by atoms with E-state index >= 15 is 0 Å². The molecule has 2 rings (SSSR count). The third kappa shape index (κ3) is 3.52. The molecule has 0 unspecified atom stereocenters. The molecule has 0 bridgehead atoms. The predicted octanol–water partition coefficient (Wildman–Crippen LogP) is 3.62. The van der Waals surface area contributed by atoms with Crippen LogP contribution in [0.1, 0.15) is 13.8 Å². The summed E-state index contributed by atoms with van der Waals surface area (Å²) in [6.45, 7) is 3.55. The average Bonchev–Trinajstić information content (AvgIpc) is 2.40. The Morgan fingerprint density at radius 3 is 2.21 bits per heavy atom. The summed E-state index contributed by atoms with van der Waals surface area (Å²) < 4.78 is 1.03. The lowest BCUT2D eigenvalue weighted by molar-refractivity contribution is 0.717. The molecule has 4 nitrogen and oxygen atoms in total. The van der Waals surface area contributed by atoms with Crippen LogP contribution in [-0.4, -0.2) is 15.5 Å². The Hall–Kier alpha value is -1.93. The normalized spacial score (nSPS) is 10.8. The smallest absolute Gasteiger partial charge is 0.223 e. The number of nitriles is 1. The van der Waals surface area contributed by atoms with Crippen molar-refractivity contribution in [1.82, 2.24) is 9.97 Å². The molecule has 0 aliphatic heterocycles. The highest BCUT2D eigenvalue weighted by Gasteiger charge is 2.16. The minimum atomic E-state index is -0.681. The Morgan fingerprint density at radius 1 is 1.11 bits per heavy atom. The van der Waals surface area contributed by atoms with E-state index in [0.29, 0.717) is 5.95 Å². The minimum absolute atomic E-state index is 0.451. The molecule has 1 aromatic heterocycles. The summed E-state index contributed by atoms with van der Waals surface area (Å²) in [5, 5.41) is 11.9. The quantitative estimate of drug-likeness (QED) is 0.939. The fraction of sp³-hybridized carbons (Fsp3) is 0.214. The van der Waals surface area contributed by atoms with E-state index in [1.54, 1.807) is 26.2 Å². The van der Waals surface area contributed by atoms with E-state index in [-0.39, 0.29) is 0 Å².